The van der Waals surface area contributed by atoms with Gasteiger partial charge in [0, 0.05) is 10.5 Å². The Morgan fingerprint density at radius 2 is 1.76 bits per heavy atom. The van der Waals surface area contributed by atoms with Gasteiger partial charge < -0.3 is 5.73 Å². The highest BCUT2D eigenvalue weighted by Crippen LogP contribution is 2.38. The molecule has 0 bridgehead atoms. The van der Waals surface area contributed by atoms with Gasteiger partial charge in [-0.3, -0.25) is 4.90 Å². The summed E-state index contributed by atoms with van der Waals surface area (Å²) in [5, 5.41) is 0. The van der Waals surface area contributed by atoms with E-state index in [0.29, 0.717) is 11.5 Å². The number of nitrogens with zero attached hydrogens (tertiary/aromatic N) is 1. The molecule has 2 rings (SSSR count). The van der Waals surface area contributed by atoms with Gasteiger partial charge >= 0.3 is 0 Å². The molecule has 2 unspecified atom stereocenters. The minimum Gasteiger partial charge on any atom is -0.326 e. The Hall–Kier alpha value is -0.380. The summed E-state index contributed by atoms with van der Waals surface area (Å²) in [6.07, 6.45) is 2.55. The predicted molar refractivity (Wildman–Crippen MR) is 94.3 cm³/mol. The molecule has 1 aliphatic rings. The highest BCUT2D eigenvalue weighted by Gasteiger charge is 2.33. The number of likely N-dealkylation sites (tertiary alicyclic amines) is 1. The standard InChI is InChI=1S/C18H29BrN2/c1-13(20)17(15-7-5-6-8-16(15)19)21-11-9-14(10-12-21)18(2,3)4/h5-8,13-14,17H,9-12,20H2,1-4H3. The molecule has 1 saturated heterocycles. The molecule has 0 saturated carbocycles. The van der Waals surface area contributed by atoms with Crippen LogP contribution in [0.1, 0.15) is 52.1 Å². The van der Waals surface area contributed by atoms with Crippen LogP contribution in [0.2, 0.25) is 0 Å². The molecule has 2 N–H and O–H groups in total. The maximum atomic E-state index is 6.33. The normalized spacial score (nSPS) is 21.2. The Kier molecular flexibility index (Phi) is 5.50. The fraction of sp³-hybridized carbons (Fsp3) is 0.667. The van der Waals surface area contributed by atoms with E-state index in [1.165, 1.54) is 22.9 Å². The molecule has 1 heterocycles. The SMILES string of the molecule is CC(N)C(c1ccccc1Br)N1CCC(C(C)(C)C)CC1. The maximum absolute atomic E-state index is 6.33. The van der Waals surface area contributed by atoms with Gasteiger partial charge in [0.1, 0.15) is 0 Å². The molecule has 3 heteroatoms. The third kappa shape index (κ3) is 4.08. The van der Waals surface area contributed by atoms with Crippen LogP contribution in [-0.2, 0) is 0 Å². The van der Waals surface area contributed by atoms with Crippen molar-refractivity contribution in [3.8, 4) is 0 Å². The molecule has 0 spiro atoms. The van der Waals surface area contributed by atoms with Crippen LogP contribution in [0.3, 0.4) is 0 Å². The number of nitrogens with two attached hydrogens (primary N) is 1. The van der Waals surface area contributed by atoms with Crippen molar-refractivity contribution in [3.63, 3.8) is 0 Å². The van der Waals surface area contributed by atoms with E-state index in [1.54, 1.807) is 0 Å². The zero-order chi connectivity index (χ0) is 15.6. The summed E-state index contributed by atoms with van der Waals surface area (Å²) < 4.78 is 1.17. The second-order valence-electron chi connectivity index (χ2n) is 7.50. The van der Waals surface area contributed by atoms with Crippen molar-refractivity contribution in [3.05, 3.63) is 34.3 Å². The van der Waals surface area contributed by atoms with Crippen LogP contribution in [0, 0.1) is 11.3 Å². The smallest absolute Gasteiger partial charge is 0.0507 e. The first-order valence-corrected chi connectivity index (χ1v) is 8.84. The van der Waals surface area contributed by atoms with Gasteiger partial charge in [0.15, 0.2) is 0 Å². The van der Waals surface area contributed by atoms with Crippen molar-refractivity contribution in [2.45, 2.75) is 52.6 Å². The number of benzene rings is 1. The molecule has 0 radical (unpaired) electrons. The molecule has 0 aromatic heterocycles. The number of halogens is 1. The van der Waals surface area contributed by atoms with E-state index in [9.17, 15) is 0 Å². The average molecular weight is 353 g/mol. The molecule has 1 aliphatic heterocycles. The van der Waals surface area contributed by atoms with Crippen LogP contribution >= 0.6 is 15.9 Å². The fourth-order valence-corrected chi connectivity index (χ4v) is 4.09. The summed E-state index contributed by atoms with van der Waals surface area (Å²) in [6.45, 7) is 11.5. The fourth-order valence-electron chi connectivity index (χ4n) is 3.57. The van der Waals surface area contributed by atoms with Crippen molar-refractivity contribution in [1.82, 2.24) is 4.90 Å². The molecule has 2 atom stereocenters. The second kappa shape index (κ2) is 6.80. The van der Waals surface area contributed by atoms with E-state index in [4.69, 9.17) is 5.73 Å². The quantitative estimate of drug-likeness (QED) is 0.861. The lowest BCUT2D eigenvalue weighted by molar-refractivity contribution is 0.0746. The molecule has 21 heavy (non-hydrogen) atoms. The van der Waals surface area contributed by atoms with E-state index in [-0.39, 0.29) is 6.04 Å². The Labute approximate surface area is 138 Å². The van der Waals surface area contributed by atoms with E-state index >= 15 is 0 Å². The highest BCUT2D eigenvalue weighted by molar-refractivity contribution is 9.10. The van der Waals surface area contributed by atoms with Crippen molar-refractivity contribution in [2.75, 3.05) is 13.1 Å². The van der Waals surface area contributed by atoms with Crippen LogP contribution in [0.25, 0.3) is 0 Å². The van der Waals surface area contributed by atoms with Gasteiger partial charge in [-0.15, -0.1) is 0 Å². The average Bonchev–Trinajstić information content (AvgIpc) is 2.40. The van der Waals surface area contributed by atoms with Gasteiger partial charge in [-0.25, -0.2) is 0 Å². The van der Waals surface area contributed by atoms with Crippen LogP contribution in [0.5, 0.6) is 0 Å². The molecular weight excluding hydrogens is 324 g/mol. The summed E-state index contributed by atoms with van der Waals surface area (Å²) in [7, 11) is 0. The molecule has 2 nitrogen and oxygen atoms in total. The lowest BCUT2D eigenvalue weighted by atomic mass is 9.75. The van der Waals surface area contributed by atoms with Gasteiger partial charge in [0.2, 0.25) is 0 Å². The van der Waals surface area contributed by atoms with Gasteiger partial charge in [0.05, 0.1) is 6.04 Å². The molecule has 1 aromatic rings. The number of hydrogen-bond donors (Lipinski definition) is 1. The van der Waals surface area contributed by atoms with E-state index in [2.05, 4.69) is 72.8 Å². The van der Waals surface area contributed by atoms with Crippen LogP contribution < -0.4 is 5.73 Å². The van der Waals surface area contributed by atoms with Gasteiger partial charge in [0.25, 0.3) is 0 Å². The second-order valence-corrected chi connectivity index (χ2v) is 8.36. The Morgan fingerprint density at radius 3 is 2.24 bits per heavy atom. The summed E-state index contributed by atoms with van der Waals surface area (Å²) in [6, 6.07) is 8.94. The first-order chi connectivity index (χ1) is 9.80. The minimum atomic E-state index is 0.134. The third-order valence-electron chi connectivity index (χ3n) is 4.87. The summed E-state index contributed by atoms with van der Waals surface area (Å²) in [5.74, 6) is 0.821. The summed E-state index contributed by atoms with van der Waals surface area (Å²) in [4.78, 5) is 2.58. The zero-order valence-electron chi connectivity index (χ0n) is 13.8. The monoisotopic (exact) mass is 352 g/mol. The van der Waals surface area contributed by atoms with Gasteiger partial charge in [-0.1, -0.05) is 54.9 Å². The first-order valence-electron chi connectivity index (χ1n) is 8.04. The summed E-state index contributed by atoms with van der Waals surface area (Å²) >= 11 is 3.69. The Balaban J connectivity index is 2.13. The maximum Gasteiger partial charge on any atom is 0.0507 e. The Bertz CT molecular complexity index is 457. The lowest BCUT2D eigenvalue weighted by Crippen LogP contribution is -2.45. The third-order valence-corrected chi connectivity index (χ3v) is 5.59. The summed E-state index contributed by atoms with van der Waals surface area (Å²) in [5.41, 5.74) is 8.07. The number of hydrogen-bond acceptors (Lipinski definition) is 2. The number of piperidine rings is 1. The molecule has 0 amide bonds. The predicted octanol–water partition coefficient (Wildman–Crippen LogP) is 4.60. The first kappa shape index (κ1) is 17.0. The topological polar surface area (TPSA) is 29.3 Å². The van der Waals surface area contributed by atoms with Gasteiger partial charge in [-0.2, -0.15) is 0 Å². The van der Waals surface area contributed by atoms with Crippen LogP contribution in [0.15, 0.2) is 28.7 Å². The number of rotatable bonds is 3. The van der Waals surface area contributed by atoms with Crippen molar-refractivity contribution < 1.29 is 0 Å². The molecule has 1 fully saturated rings. The van der Waals surface area contributed by atoms with E-state index < -0.39 is 0 Å². The van der Waals surface area contributed by atoms with Crippen molar-refractivity contribution in [1.29, 1.82) is 0 Å². The van der Waals surface area contributed by atoms with E-state index in [0.717, 1.165) is 19.0 Å². The highest BCUT2D eigenvalue weighted by atomic mass is 79.9. The zero-order valence-corrected chi connectivity index (χ0v) is 15.4. The van der Waals surface area contributed by atoms with Gasteiger partial charge in [-0.05, 0) is 55.8 Å². The van der Waals surface area contributed by atoms with Crippen LogP contribution in [0.4, 0.5) is 0 Å². The largest absolute Gasteiger partial charge is 0.326 e. The molecule has 118 valence electrons. The minimum absolute atomic E-state index is 0.134. The van der Waals surface area contributed by atoms with Crippen LogP contribution in [-0.4, -0.2) is 24.0 Å². The van der Waals surface area contributed by atoms with E-state index in [1.807, 2.05) is 0 Å². The molecule has 0 aliphatic carbocycles. The van der Waals surface area contributed by atoms with Crippen molar-refractivity contribution >= 4 is 15.9 Å². The van der Waals surface area contributed by atoms with Crippen molar-refractivity contribution in [2.24, 2.45) is 17.1 Å². The Morgan fingerprint density at radius 1 is 1.19 bits per heavy atom. The molecule has 1 aromatic carbocycles. The molecular formula is C18H29BrN2. The lowest BCUT2D eigenvalue weighted by Gasteiger charge is -2.43.